The van der Waals surface area contributed by atoms with E-state index in [2.05, 4.69) is 0 Å². The molecule has 38 heavy (non-hydrogen) atoms. The number of carbonyl (C=O) groups excluding carboxylic acids is 1. The Hall–Kier alpha value is -3.93. The first-order valence-electron chi connectivity index (χ1n) is 12.8. The lowest BCUT2D eigenvalue weighted by molar-refractivity contribution is 0.0494. The fourth-order valence-corrected chi connectivity index (χ4v) is 4.23. The largest absolute Gasteiger partial charge is 0.519 e. The second-order valence-electron chi connectivity index (χ2n) is 9.32. The molecule has 196 valence electrons. The molecule has 0 radical (unpaired) electrons. The molecule has 0 aliphatic rings. The van der Waals surface area contributed by atoms with Crippen LogP contribution < -0.4 is 9.47 Å². The van der Waals surface area contributed by atoms with E-state index in [-0.39, 0.29) is 12.2 Å². The zero-order valence-corrected chi connectivity index (χ0v) is 22.3. The minimum absolute atomic E-state index is 0.293. The standard InChI is InChI=1S/C33H34O5/c1-23-13-11-19-29(25(3)35-21-27-15-7-5-8-16-27)31(23)37-33(34)38-32-24(2)14-12-20-30(32)26(4)36-22-28-17-9-6-10-18-28/h5-20,25-26H,21-22H2,1-4H3. The van der Waals surface area contributed by atoms with Crippen LogP contribution in [-0.4, -0.2) is 6.16 Å². The molecule has 5 heteroatoms. The van der Waals surface area contributed by atoms with Gasteiger partial charge in [0.15, 0.2) is 0 Å². The minimum atomic E-state index is -0.804. The highest BCUT2D eigenvalue weighted by molar-refractivity contribution is 5.70. The molecular weight excluding hydrogens is 476 g/mol. The van der Waals surface area contributed by atoms with Gasteiger partial charge in [0.05, 0.1) is 25.4 Å². The molecule has 2 unspecified atom stereocenters. The molecule has 2 atom stereocenters. The summed E-state index contributed by atoms with van der Waals surface area (Å²) < 4.78 is 23.8. The predicted octanol–water partition coefficient (Wildman–Crippen LogP) is 8.44. The van der Waals surface area contributed by atoms with E-state index < -0.39 is 6.16 Å². The highest BCUT2D eigenvalue weighted by Crippen LogP contribution is 2.34. The zero-order valence-electron chi connectivity index (χ0n) is 22.3. The molecule has 0 saturated heterocycles. The van der Waals surface area contributed by atoms with Crippen molar-refractivity contribution in [1.82, 2.24) is 0 Å². The molecule has 0 bridgehead atoms. The first-order chi connectivity index (χ1) is 18.4. The lowest BCUT2D eigenvalue weighted by Gasteiger charge is -2.20. The van der Waals surface area contributed by atoms with Crippen molar-refractivity contribution in [3.05, 3.63) is 130 Å². The summed E-state index contributed by atoms with van der Waals surface area (Å²) in [6.07, 6.45) is -1.39. The second-order valence-corrected chi connectivity index (χ2v) is 9.32. The highest BCUT2D eigenvalue weighted by Gasteiger charge is 2.22. The Labute approximate surface area is 225 Å². The number of rotatable bonds is 10. The van der Waals surface area contributed by atoms with Gasteiger partial charge < -0.3 is 18.9 Å². The zero-order chi connectivity index (χ0) is 26.9. The van der Waals surface area contributed by atoms with Crippen molar-refractivity contribution in [3.8, 4) is 11.5 Å². The van der Waals surface area contributed by atoms with Crippen molar-refractivity contribution in [3.63, 3.8) is 0 Å². The van der Waals surface area contributed by atoms with Crippen LogP contribution in [-0.2, 0) is 22.7 Å². The summed E-state index contributed by atoms with van der Waals surface area (Å²) in [6.45, 7) is 8.59. The molecule has 4 rings (SSSR count). The van der Waals surface area contributed by atoms with Crippen LogP contribution in [0.3, 0.4) is 0 Å². The Morgan fingerprint density at radius 3 is 1.37 bits per heavy atom. The predicted molar refractivity (Wildman–Crippen MR) is 148 cm³/mol. The minimum Gasteiger partial charge on any atom is -0.394 e. The van der Waals surface area contributed by atoms with E-state index in [1.54, 1.807) is 0 Å². The SMILES string of the molecule is Cc1cccc(C(C)OCc2ccccc2)c1OC(=O)Oc1c(C)cccc1C(C)OCc1ccccc1. The number of benzene rings is 4. The van der Waals surface area contributed by atoms with E-state index in [1.165, 1.54) is 0 Å². The molecule has 0 spiro atoms. The summed E-state index contributed by atoms with van der Waals surface area (Å²) in [6, 6.07) is 31.4. The number of para-hydroxylation sites is 2. The molecule has 4 aromatic rings. The van der Waals surface area contributed by atoms with Gasteiger partial charge in [-0.3, -0.25) is 0 Å². The van der Waals surface area contributed by atoms with Gasteiger partial charge in [0.2, 0.25) is 0 Å². The van der Waals surface area contributed by atoms with Gasteiger partial charge >= 0.3 is 6.16 Å². The molecule has 0 aliphatic carbocycles. The van der Waals surface area contributed by atoms with Crippen LogP contribution >= 0.6 is 0 Å². The Bertz CT molecular complexity index is 1230. The third kappa shape index (κ3) is 7.09. The lowest BCUT2D eigenvalue weighted by Crippen LogP contribution is -2.18. The summed E-state index contributed by atoms with van der Waals surface area (Å²) in [5.41, 5.74) is 5.34. The van der Waals surface area contributed by atoms with E-state index >= 15 is 0 Å². The Morgan fingerprint density at radius 1 is 0.579 bits per heavy atom. The van der Waals surface area contributed by atoms with Crippen molar-refractivity contribution in [1.29, 1.82) is 0 Å². The van der Waals surface area contributed by atoms with Crippen molar-refractivity contribution < 1.29 is 23.7 Å². The maximum absolute atomic E-state index is 13.1. The molecule has 0 heterocycles. The van der Waals surface area contributed by atoms with Gasteiger partial charge in [-0.15, -0.1) is 0 Å². The van der Waals surface area contributed by atoms with E-state index in [1.807, 2.05) is 125 Å². The van der Waals surface area contributed by atoms with Crippen molar-refractivity contribution in [2.75, 3.05) is 0 Å². The topological polar surface area (TPSA) is 54.0 Å². The molecule has 0 saturated carbocycles. The molecule has 0 fully saturated rings. The summed E-state index contributed by atoms with van der Waals surface area (Å²) in [5.74, 6) is 0.892. The molecule has 0 aromatic heterocycles. The number of ether oxygens (including phenoxy) is 4. The Morgan fingerprint density at radius 2 is 0.974 bits per heavy atom. The van der Waals surface area contributed by atoms with E-state index in [4.69, 9.17) is 18.9 Å². The third-order valence-corrected chi connectivity index (χ3v) is 6.42. The first kappa shape index (κ1) is 27.1. The summed E-state index contributed by atoms with van der Waals surface area (Å²) >= 11 is 0. The first-order valence-corrected chi connectivity index (χ1v) is 12.8. The van der Waals surface area contributed by atoms with Crippen LogP contribution in [0.4, 0.5) is 4.79 Å². The van der Waals surface area contributed by atoms with E-state index in [9.17, 15) is 4.79 Å². The molecule has 5 nitrogen and oxygen atoms in total. The summed E-state index contributed by atoms with van der Waals surface area (Å²) in [5, 5.41) is 0. The number of hydrogen-bond acceptors (Lipinski definition) is 5. The van der Waals surface area contributed by atoms with Gasteiger partial charge in [-0.2, -0.15) is 0 Å². The molecule has 0 amide bonds. The van der Waals surface area contributed by atoms with Gasteiger partial charge in [0.25, 0.3) is 0 Å². The number of carbonyl (C=O) groups is 1. The molecule has 0 N–H and O–H groups in total. The monoisotopic (exact) mass is 510 g/mol. The summed E-state index contributed by atoms with van der Waals surface area (Å²) in [7, 11) is 0. The Balaban J connectivity index is 1.46. The van der Waals surface area contributed by atoms with Crippen LogP contribution in [0.25, 0.3) is 0 Å². The summed E-state index contributed by atoms with van der Waals surface area (Å²) in [4.78, 5) is 13.1. The number of hydrogen-bond donors (Lipinski definition) is 0. The molecule has 0 aliphatic heterocycles. The fraction of sp³-hybridized carbons (Fsp3) is 0.242. The van der Waals surface area contributed by atoms with E-state index in [0.29, 0.717) is 24.7 Å². The maximum atomic E-state index is 13.1. The second kappa shape index (κ2) is 13.0. The van der Waals surface area contributed by atoms with E-state index in [0.717, 1.165) is 33.4 Å². The van der Waals surface area contributed by atoms with Gasteiger partial charge in [0, 0.05) is 11.1 Å². The van der Waals surface area contributed by atoms with Crippen molar-refractivity contribution >= 4 is 6.16 Å². The highest BCUT2D eigenvalue weighted by atomic mass is 16.7. The van der Waals surface area contributed by atoms with Crippen LogP contribution in [0.1, 0.15) is 59.4 Å². The Kier molecular flexibility index (Phi) is 9.30. The molecule has 4 aromatic carbocycles. The lowest BCUT2D eigenvalue weighted by atomic mass is 10.1. The van der Waals surface area contributed by atoms with Gasteiger partial charge in [-0.25, -0.2) is 4.79 Å². The third-order valence-electron chi connectivity index (χ3n) is 6.42. The normalized spacial score (nSPS) is 12.5. The van der Waals surface area contributed by atoms with Crippen LogP contribution in [0, 0.1) is 13.8 Å². The van der Waals surface area contributed by atoms with Gasteiger partial charge in [-0.05, 0) is 49.9 Å². The van der Waals surface area contributed by atoms with Crippen LogP contribution in [0.15, 0.2) is 97.1 Å². The van der Waals surface area contributed by atoms with Crippen molar-refractivity contribution in [2.45, 2.75) is 53.1 Å². The maximum Gasteiger partial charge on any atom is 0.519 e. The van der Waals surface area contributed by atoms with Gasteiger partial charge in [0.1, 0.15) is 11.5 Å². The van der Waals surface area contributed by atoms with Crippen LogP contribution in [0.2, 0.25) is 0 Å². The van der Waals surface area contributed by atoms with Gasteiger partial charge in [-0.1, -0.05) is 97.1 Å². The number of aryl methyl sites for hydroxylation is 2. The molecular formula is C33H34O5. The average molecular weight is 511 g/mol. The van der Waals surface area contributed by atoms with Crippen LogP contribution in [0.5, 0.6) is 11.5 Å². The smallest absolute Gasteiger partial charge is 0.394 e. The average Bonchev–Trinajstić information content (AvgIpc) is 2.93. The quantitative estimate of drug-likeness (QED) is 0.158. The van der Waals surface area contributed by atoms with Crippen molar-refractivity contribution in [2.24, 2.45) is 0 Å². The fourth-order valence-electron chi connectivity index (χ4n) is 4.23.